The van der Waals surface area contributed by atoms with Crippen LogP contribution in [0.4, 0.5) is 0 Å². The zero-order chi connectivity index (χ0) is 17.1. The highest BCUT2D eigenvalue weighted by molar-refractivity contribution is 5.69. The second-order valence-corrected chi connectivity index (χ2v) is 5.61. The van der Waals surface area contributed by atoms with Gasteiger partial charge in [-0.3, -0.25) is 4.79 Å². The minimum absolute atomic E-state index is 0.0733. The van der Waals surface area contributed by atoms with Gasteiger partial charge in [-0.2, -0.15) is 5.26 Å². The number of rotatable bonds is 10. The molecule has 5 nitrogen and oxygen atoms in total. The Bertz CT molecular complexity index is 507. The van der Waals surface area contributed by atoms with Crippen molar-refractivity contribution in [3.8, 4) is 6.07 Å². The van der Waals surface area contributed by atoms with Gasteiger partial charge in [-0.25, -0.2) is 0 Å². The summed E-state index contributed by atoms with van der Waals surface area (Å²) >= 11 is 0. The highest BCUT2D eigenvalue weighted by Gasteiger charge is 2.16. The van der Waals surface area contributed by atoms with Gasteiger partial charge in [0.25, 0.3) is 0 Å². The molecule has 0 aliphatic carbocycles. The van der Waals surface area contributed by atoms with E-state index in [1.807, 2.05) is 12.1 Å². The van der Waals surface area contributed by atoms with E-state index in [0.29, 0.717) is 18.6 Å². The van der Waals surface area contributed by atoms with Crippen LogP contribution in [-0.4, -0.2) is 35.0 Å². The van der Waals surface area contributed by atoms with Crippen LogP contribution < -0.4 is 0 Å². The third kappa shape index (κ3) is 8.34. The van der Waals surface area contributed by atoms with Crippen LogP contribution in [0, 0.1) is 11.3 Å². The molecule has 0 saturated heterocycles. The topological polar surface area (TPSA) is 90.6 Å². The van der Waals surface area contributed by atoms with Crippen molar-refractivity contribution < 1.29 is 19.7 Å². The Kier molecular flexibility index (Phi) is 8.96. The lowest BCUT2D eigenvalue weighted by molar-refractivity contribution is -0.145. The summed E-state index contributed by atoms with van der Waals surface area (Å²) in [6, 6.07) is 9.57. The molecule has 0 aliphatic rings. The first-order chi connectivity index (χ1) is 11.0. The Labute approximate surface area is 137 Å². The molecule has 0 aromatic heterocycles. The third-order valence-corrected chi connectivity index (χ3v) is 3.59. The number of hydrogen-bond acceptors (Lipinski definition) is 5. The summed E-state index contributed by atoms with van der Waals surface area (Å²) in [7, 11) is 0. The first kappa shape index (κ1) is 19.1. The fourth-order valence-corrected chi connectivity index (χ4v) is 2.38. The van der Waals surface area contributed by atoms with Gasteiger partial charge in [-0.05, 0) is 50.3 Å². The predicted molar refractivity (Wildman–Crippen MR) is 86.6 cm³/mol. The lowest BCUT2D eigenvalue weighted by Crippen LogP contribution is -2.21. The molecule has 1 aromatic rings. The molecule has 0 radical (unpaired) electrons. The van der Waals surface area contributed by atoms with Crippen molar-refractivity contribution in [2.75, 3.05) is 6.61 Å². The van der Waals surface area contributed by atoms with E-state index in [0.717, 1.165) is 19.3 Å². The van der Waals surface area contributed by atoms with Gasteiger partial charge in [-0.1, -0.05) is 18.6 Å². The summed E-state index contributed by atoms with van der Waals surface area (Å²) < 4.78 is 4.76. The first-order valence-corrected chi connectivity index (χ1v) is 8.06. The van der Waals surface area contributed by atoms with Crippen LogP contribution in [-0.2, 0) is 16.0 Å². The number of aryl methyl sites for hydroxylation is 1. The van der Waals surface area contributed by atoms with Gasteiger partial charge in [-0.15, -0.1) is 0 Å². The molecule has 0 saturated carbocycles. The average Bonchev–Trinajstić information content (AvgIpc) is 2.52. The molecule has 23 heavy (non-hydrogen) atoms. The van der Waals surface area contributed by atoms with Gasteiger partial charge in [0.2, 0.25) is 0 Å². The number of nitriles is 1. The summed E-state index contributed by atoms with van der Waals surface area (Å²) in [6.45, 7) is 2.01. The minimum Gasteiger partial charge on any atom is -0.466 e. The van der Waals surface area contributed by atoms with Gasteiger partial charge in [0.05, 0.1) is 36.9 Å². The van der Waals surface area contributed by atoms with Crippen LogP contribution in [0.15, 0.2) is 24.3 Å². The van der Waals surface area contributed by atoms with Crippen LogP contribution in [0.1, 0.15) is 50.2 Å². The van der Waals surface area contributed by atoms with E-state index >= 15 is 0 Å². The highest BCUT2D eigenvalue weighted by Crippen LogP contribution is 2.13. The van der Waals surface area contributed by atoms with Gasteiger partial charge in [0.1, 0.15) is 0 Å². The second kappa shape index (κ2) is 10.8. The summed E-state index contributed by atoms with van der Waals surface area (Å²) in [5, 5.41) is 28.3. The van der Waals surface area contributed by atoms with E-state index in [9.17, 15) is 15.0 Å². The molecule has 5 heteroatoms. The lowest BCUT2D eigenvalue weighted by Gasteiger charge is -2.15. The number of aliphatic hydroxyl groups is 2. The van der Waals surface area contributed by atoms with Gasteiger partial charge in [0, 0.05) is 0 Å². The molecule has 2 unspecified atom stereocenters. The molecule has 0 bridgehead atoms. The Morgan fingerprint density at radius 1 is 1.22 bits per heavy atom. The van der Waals surface area contributed by atoms with Crippen LogP contribution >= 0.6 is 0 Å². The summed E-state index contributed by atoms with van der Waals surface area (Å²) in [5.41, 5.74) is 1.82. The Morgan fingerprint density at radius 2 is 1.91 bits per heavy atom. The lowest BCUT2D eigenvalue weighted by atomic mass is 10.0. The Balaban J connectivity index is 2.16. The Hall–Kier alpha value is -1.90. The molecule has 1 aromatic carbocycles. The monoisotopic (exact) mass is 319 g/mol. The SMILES string of the molecule is CCOC(=O)CC(O)CC(O)CCCCc1ccc(C#N)cc1. The maximum atomic E-state index is 11.2. The number of carbonyl (C=O) groups excluding carboxylic acids is 1. The van der Waals surface area contributed by atoms with E-state index in [1.54, 1.807) is 19.1 Å². The van der Waals surface area contributed by atoms with Gasteiger partial charge < -0.3 is 14.9 Å². The van der Waals surface area contributed by atoms with E-state index in [1.165, 1.54) is 5.56 Å². The molecule has 0 aliphatic heterocycles. The zero-order valence-electron chi connectivity index (χ0n) is 13.6. The zero-order valence-corrected chi connectivity index (χ0v) is 13.6. The molecular formula is C18H25NO4. The summed E-state index contributed by atoms with van der Waals surface area (Å²) in [4.78, 5) is 11.2. The molecule has 126 valence electrons. The number of unbranched alkanes of at least 4 members (excludes halogenated alkanes) is 1. The maximum absolute atomic E-state index is 11.2. The normalized spacial score (nSPS) is 13.1. The average molecular weight is 319 g/mol. The first-order valence-electron chi connectivity index (χ1n) is 8.06. The smallest absolute Gasteiger partial charge is 0.308 e. The van der Waals surface area contributed by atoms with Crippen LogP contribution in [0.25, 0.3) is 0 Å². The van der Waals surface area contributed by atoms with Crippen molar-refractivity contribution in [2.24, 2.45) is 0 Å². The molecule has 0 amide bonds. The van der Waals surface area contributed by atoms with Crippen LogP contribution in [0.3, 0.4) is 0 Å². The number of esters is 1. The number of nitrogens with zero attached hydrogens (tertiary/aromatic N) is 1. The van der Waals surface area contributed by atoms with Crippen LogP contribution in [0.2, 0.25) is 0 Å². The maximum Gasteiger partial charge on any atom is 0.308 e. The molecule has 1 rings (SSSR count). The number of ether oxygens (including phenoxy) is 1. The largest absolute Gasteiger partial charge is 0.466 e. The van der Waals surface area contributed by atoms with Crippen molar-refractivity contribution in [3.05, 3.63) is 35.4 Å². The number of hydrogen-bond donors (Lipinski definition) is 2. The van der Waals surface area contributed by atoms with Crippen LogP contribution in [0.5, 0.6) is 0 Å². The molecule has 2 atom stereocenters. The van der Waals surface area contributed by atoms with E-state index < -0.39 is 18.2 Å². The quantitative estimate of drug-likeness (QED) is 0.510. The third-order valence-electron chi connectivity index (χ3n) is 3.59. The van der Waals surface area contributed by atoms with Crippen molar-refractivity contribution in [1.29, 1.82) is 5.26 Å². The van der Waals surface area contributed by atoms with E-state index in [4.69, 9.17) is 10.00 Å². The standard InChI is InChI=1S/C18H25NO4/c1-2-23-18(22)12-17(21)11-16(20)6-4-3-5-14-7-9-15(13-19)10-8-14/h7-10,16-17,20-21H,2-6,11-12H2,1H3. The highest BCUT2D eigenvalue weighted by atomic mass is 16.5. The molecule has 0 spiro atoms. The fourth-order valence-electron chi connectivity index (χ4n) is 2.38. The number of benzene rings is 1. The van der Waals surface area contributed by atoms with E-state index in [2.05, 4.69) is 6.07 Å². The summed E-state index contributed by atoms with van der Waals surface area (Å²) in [6.07, 6.45) is 1.90. The van der Waals surface area contributed by atoms with Crippen molar-refractivity contribution in [3.63, 3.8) is 0 Å². The molecule has 2 N–H and O–H groups in total. The second-order valence-electron chi connectivity index (χ2n) is 5.61. The van der Waals surface area contributed by atoms with Crippen molar-refractivity contribution >= 4 is 5.97 Å². The molecular weight excluding hydrogens is 294 g/mol. The van der Waals surface area contributed by atoms with Crippen molar-refractivity contribution in [2.45, 2.75) is 57.7 Å². The van der Waals surface area contributed by atoms with Crippen molar-refractivity contribution in [1.82, 2.24) is 0 Å². The minimum atomic E-state index is -0.859. The van der Waals surface area contributed by atoms with E-state index in [-0.39, 0.29) is 12.8 Å². The number of aliphatic hydroxyl groups excluding tert-OH is 2. The summed E-state index contributed by atoms with van der Waals surface area (Å²) in [5.74, 6) is -0.437. The molecule has 0 fully saturated rings. The molecule has 0 heterocycles. The predicted octanol–water partition coefficient (Wildman–Crippen LogP) is 2.34. The van der Waals surface area contributed by atoms with Gasteiger partial charge >= 0.3 is 5.97 Å². The van der Waals surface area contributed by atoms with Gasteiger partial charge in [0.15, 0.2) is 0 Å². The number of carbonyl (C=O) groups is 1. The fraction of sp³-hybridized carbons (Fsp3) is 0.556. The Morgan fingerprint density at radius 3 is 2.52 bits per heavy atom.